The van der Waals surface area contributed by atoms with Gasteiger partial charge >= 0.3 is 18.2 Å². The lowest BCUT2D eigenvalue weighted by Crippen LogP contribution is -2.53. The Labute approximate surface area is 607 Å². The standard InChI is InChI=1S/C25H30ClN3O2.C19H27ClN2O3.C17H22ClNO4.C14H19ClN2O.C2H6/c1-27(2)24(31)25(20-8-10-21(26)11-9-20)13-15-28(16-14-25)17-18-29-22-6-4-3-5-19(22)7-12-23(29)30;1-18(2,3)25-17(24)22-12-10-19(11-13-22,16(23)21(4)5)14-6-8-15(20)9-7-14;1-16(2,3)23-15(22)19-10-8-17(9-11-19,14(20)21)12-4-6-13(18)7-5-12;1-17(2)13(18)14(7-9-16-10-8-14)11-3-5-12(15)6-4-11;1-2/h3-6,8-11H,7,12-18H2,1-2H3;6-9H,10-13H2,1-5H3;4-7H,8-11H2,1-3H3,(H,20,21);3-6,16H,7-10H2,1-2H3;1-2H3. The van der Waals surface area contributed by atoms with Gasteiger partial charge in [0, 0.05) is 114 Å². The fourth-order valence-electron chi connectivity index (χ4n) is 13.7. The molecule has 0 bridgehead atoms. The average Bonchev–Trinajstić information content (AvgIpc) is 0.784. The van der Waals surface area contributed by atoms with Crippen LogP contribution in [-0.4, -0.2) is 195 Å². The van der Waals surface area contributed by atoms with Crippen molar-refractivity contribution in [2.75, 3.05) is 113 Å². The fourth-order valence-corrected chi connectivity index (χ4v) is 14.2. The molecule has 540 valence electrons. The number of likely N-dealkylation sites (N-methyl/N-ethyl adjacent to an activating group) is 3. The average molecular weight is 1440 g/mol. The number of amides is 6. The van der Waals surface area contributed by atoms with Gasteiger partial charge in [-0.05, 0) is 208 Å². The summed E-state index contributed by atoms with van der Waals surface area (Å²) in [7, 11) is 10.8. The van der Waals surface area contributed by atoms with E-state index in [0.717, 1.165) is 92.8 Å². The molecule has 99 heavy (non-hydrogen) atoms. The van der Waals surface area contributed by atoms with Gasteiger partial charge in [0.25, 0.3) is 0 Å². The van der Waals surface area contributed by atoms with Crippen molar-refractivity contribution in [3.05, 3.63) is 169 Å². The predicted octanol–water partition coefficient (Wildman–Crippen LogP) is 14.2. The number of para-hydroxylation sites is 1. The van der Waals surface area contributed by atoms with E-state index in [1.807, 2.05) is 179 Å². The van der Waals surface area contributed by atoms with Crippen LogP contribution in [0.2, 0.25) is 20.1 Å². The predicted molar refractivity (Wildman–Crippen MR) is 397 cm³/mol. The zero-order valence-corrected chi connectivity index (χ0v) is 63.5. The number of anilines is 1. The summed E-state index contributed by atoms with van der Waals surface area (Å²) in [5.41, 5.74) is 2.47. The lowest BCUT2D eigenvalue weighted by atomic mass is 9.71. The summed E-state index contributed by atoms with van der Waals surface area (Å²) in [6.45, 7) is 21.5. The number of benzene rings is 5. The molecule has 6 amide bonds. The summed E-state index contributed by atoms with van der Waals surface area (Å²) in [4.78, 5) is 100. The zero-order chi connectivity index (χ0) is 73.3. The lowest BCUT2D eigenvalue weighted by molar-refractivity contribution is -0.146. The van der Waals surface area contributed by atoms with E-state index in [0.29, 0.717) is 84.9 Å². The third-order valence-corrected chi connectivity index (χ3v) is 20.0. The molecule has 0 aliphatic carbocycles. The third kappa shape index (κ3) is 20.9. The van der Waals surface area contributed by atoms with E-state index in [4.69, 9.17) is 55.9 Å². The van der Waals surface area contributed by atoms with E-state index in [1.165, 1.54) is 5.56 Å². The van der Waals surface area contributed by atoms with Crippen LogP contribution in [0.3, 0.4) is 0 Å². The summed E-state index contributed by atoms with van der Waals surface area (Å²) in [6.07, 6.45) is 5.70. The van der Waals surface area contributed by atoms with E-state index >= 15 is 0 Å². The second kappa shape index (κ2) is 35.6. The van der Waals surface area contributed by atoms with Gasteiger partial charge in [-0.25, -0.2) is 9.59 Å². The number of likely N-dealkylation sites (tertiary alicyclic amines) is 3. The number of ether oxygens (including phenoxy) is 2. The van der Waals surface area contributed by atoms with E-state index < -0.39 is 39.5 Å². The number of rotatable bonds is 11. The van der Waals surface area contributed by atoms with Gasteiger partial charge in [0.05, 0.1) is 21.7 Å². The van der Waals surface area contributed by atoms with E-state index in [9.17, 15) is 38.7 Å². The van der Waals surface area contributed by atoms with Crippen molar-refractivity contribution in [1.82, 2.24) is 34.7 Å². The van der Waals surface area contributed by atoms with E-state index in [1.54, 1.807) is 62.9 Å². The number of hydrogen-bond acceptors (Lipinski definition) is 11. The first kappa shape index (κ1) is 81.0. The van der Waals surface area contributed by atoms with Crippen molar-refractivity contribution in [3.8, 4) is 0 Å². The number of hydrogen-bond donors (Lipinski definition) is 2. The number of carbonyl (C=O) groups excluding carboxylic acids is 6. The maximum atomic E-state index is 13.2. The molecule has 4 fully saturated rings. The molecule has 10 rings (SSSR count). The number of fused-ring (bicyclic) bond motifs is 1. The maximum Gasteiger partial charge on any atom is 0.410 e. The third-order valence-electron chi connectivity index (χ3n) is 19.0. The van der Waals surface area contributed by atoms with Gasteiger partial charge in [0.2, 0.25) is 23.6 Å². The molecule has 0 saturated carbocycles. The van der Waals surface area contributed by atoms with Crippen LogP contribution in [-0.2, 0) is 61.5 Å². The summed E-state index contributed by atoms with van der Waals surface area (Å²) in [6, 6.07) is 37.9. The molecule has 0 radical (unpaired) electrons. The highest BCUT2D eigenvalue weighted by atomic mass is 35.5. The minimum absolute atomic E-state index is 0.0543. The van der Waals surface area contributed by atoms with Gasteiger partial charge in [-0.3, -0.25) is 24.0 Å². The Morgan fingerprint density at radius 2 is 0.768 bits per heavy atom. The highest BCUT2D eigenvalue weighted by Crippen LogP contribution is 2.42. The van der Waals surface area contributed by atoms with Crippen LogP contribution in [0.25, 0.3) is 0 Å². The van der Waals surface area contributed by atoms with Gasteiger partial charge in [-0.2, -0.15) is 0 Å². The molecule has 0 spiro atoms. The number of carbonyl (C=O) groups is 7. The molecule has 5 aliphatic heterocycles. The molecule has 0 atom stereocenters. The van der Waals surface area contributed by atoms with Gasteiger partial charge in [0.15, 0.2) is 0 Å². The second-order valence-electron chi connectivity index (χ2n) is 28.5. The molecule has 5 aliphatic rings. The molecule has 18 nitrogen and oxygen atoms in total. The lowest BCUT2D eigenvalue weighted by Gasteiger charge is -2.43. The Bertz CT molecular complexity index is 3490. The van der Waals surface area contributed by atoms with E-state index in [2.05, 4.69) is 16.3 Å². The highest BCUT2D eigenvalue weighted by molar-refractivity contribution is 6.31. The molecule has 5 aromatic rings. The minimum Gasteiger partial charge on any atom is -0.481 e. The number of aryl methyl sites for hydroxylation is 1. The van der Waals surface area contributed by atoms with Crippen LogP contribution in [0.5, 0.6) is 0 Å². The smallest absolute Gasteiger partial charge is 0.410 e. The van der Waals surface area contributed by atoms with Crippen molar-refractivity contribution >= 4 is 93.9 Å². The van der Waals surface area contributed by atoms with Crippen molar-refractivity contribution in [2.45, 2.75) is 152 Å². The Morgan fingerprint density at radius 3 is 1.10 bits per heavy atom. The quantitative estimate of drug-likeness (QED) is 0.127. The molecule has 5 heterocycles. The molecular weight excluding hydrogens is 1340 g/mol. The van der Waals surface area contributed by atoms with Gasteiger partial charge in [-0.1, -0.05) is 127 Å². The van der Waals surface area contributed by atoms with Crippen molar-refractivity contribution in [1.29, 1.82) is 0 Å². The van der Waals surface area contributed by atoms with Crippen molar-refractivity contribution in [2.24, 2.45) is 0 Å². The largest absolute Gasteiger partial charge is 0.481 e. The van der Waals surface area contributed by atoms with Gasteiger partial charge in [0.1, 0.15) is 11.2 Å². The summed E-state index contributed by atoms with van der Waals surface area (Å²) in [5.74, 6) is -0.280. The molecule has 2 N–H and O–H groups in total. The first-order valence-corrected chi connectivity index (χ1v) is 35.9. The Hall–Kier alpha value is -6.93. The van der Waals surface area contributed by atoms with Crippen LogP contribution in [0.4, 0.5) is 15.3 Å². The highest BCUT2D eigenvalue weighted by Gasteiger charge is 2.48. The minimum atomic E-state index is -0.983. The number of nitrogens with zero attached hydrogens (tertiary/aromatic N) is 7. The number of carboxylic acids is 1. The monoisotopic (exact) mass is 1440 g/mol. The van der Waals surface area contributed by atoms with Gasteiger partial charge < -0.3 is 54.2 Å². The van der Waals surface area contributed by atoms with Crippen LogP contribution in [0, 0.1) is 0 Å². The van der Waals surface area contributed by atoms with E-state index in [-0.39, 0.29) is 35.1 Å². The van der Waals surface area contributed by atoms with Crippen LogP contribution >= 0.6 is 46.4 Å². The summed E-state index contributed by atoms with van der Waals surface area (Å²) >= 11 is 23.9. The second-order valence-corrected chi connectivity index (χ2v) is 30.2. The number of nitrogens with one attached hydrogen (secondary N) is 1. The number of piperidine rings is 4. The fraction of sp³-hybridized carbons (Fsp3) is 0.519. The molecule has 4 saturated heterocycles. The first-order valence-electron chi connectivity index (χ1n) is 34.4. The Morgan fingerprint density at radius 1 is 0.455 bits per heavy atom. The summed E-state index contributed by atoms with van der Waals surface area (Å²) in [5, 5.41) is 15.7. The molecule has 0 aromatic heterocycles. The zero-order valence-electron chi connectivity index (χ0n) is 60.5. The topological polar surface area (TPSA) is 193 Å². The van der Waals surface area contributed by atoms with Crippen LogP contribution in [0.1, 0.15) is 141 Å². The number of aliphatic carboxylic acids is 1. The molecular formula is C77H104Cl4N8O10. The Kier molecular flexibility index (Phi) is 29.1. The Balaban J connectivity index is 0.000000210. The van der Waals surface area contributed by atoms with Gasteiger partial charge in [-0.15, -0.1) is 0 Å². The van der Waals surface area contributed by atoms with Crippen molar-refractivity contribution in [3.63, 3.8) is 0 Å². The SMILES string of the molecule is CC.CC(C)(C)OC(=O)N1CCC(C(=O)O)(c2ccc(Cl)cc2)CC1.CN(C)C(=O)C1(c2ccc(Cl)cc2)CCN(C(=O)OC(C)(C)C)CC1.CN(C)C(=O)C1(c2ccc(Cl)cc2)CCN(CCN2C(=O)CCc3ccccc32)CC1.CN(C)C(=O)C1(c2ccc(Cl)cc2)CCNCC1. The molecule has 0 unspecified atom stereocenters. The molecule has 22 heteroatoms. The number of carboxylic acid groups (broad SMARTS) is 1. The summed E-state index contributed by atoms with van der Waals surface area (Å²) < 4.78 is 10.8. The maximum absolute atomic E-state index is 13.2. The van der Waals surface area contributed by atoms with Crippen LogP contribution in [0.15, 0.2) is 121 Å². The number of halogens is 4. The normalized spacial score (nSPS) is 17.6. The molecule has 5 aromatic carbocycles. The van der Waals surface area contributed by atoms with Crippen LogP contribution < -0.4 is 10.2 Å². The first-order chi connectivity index (χ1) is 46.7. The van der Waals surface area contributed by atoms with Crippen molar-refractivity contribution < 1.29 is 48.1 Å².